The lowest BCUT2D eigenvalue weighted by atomic mass is 10.1. The second-order valence-electron chi connectivity index (χ2n) is 6.85. The van der Waals surface area contributed by atoms with Crippen LogP contribution in [0.25, 0.3) is 10.8 Å². The van der Waals surface area contributed by atoms with Gasteiger partial charge >= 0.3 is 0 Å². The van der Waals surface area contributed by atoms with Gasteiger partial charge in [-0.05, 0) is 36.4 Å². The summed E-state index contributed by atoms with van der Waals surface area (Å²) in [6.07, 6.45) is 1.63. The van der Waals surface area contributed by atoms with Crippen molar-refractivity contribution in [1.29, 1.82) is 0 Å². The predicted octanol–water partition coefficient (Wildman–Crippen LogP) is 5.53. The summed E-state index contributed by atoms with van der Waals surface area (Å²) in [6, 6.07) is 19.7. The van der Waals surface area contributed by atoms with Crippen LogP contribution in [-0.2, 0) is 4.57 Å². The molecule has 152 valence electrons. The summed E-state index contributed by atoms with van der Waals surface area (Å²) in [5, 5.41) is 5.40. The van der Waals surface area contributed by atoms with E-state index in [2.05, 4.69) is 10.3 Å². The highest BCUT2D eigenvalue weighted by Crippen LogP contribution is 2.38. The van der Waals surface area contributed by atoms with Gasteiger partial charge < -0.3 is 20.7 Å². The van der Waals surface area contributed by atoms with Crippen LogP contribution in [0.1, 0.15) is 0 Å². The maximum Gasteiger partial charge on any atom is 0.228 e. The largest absolute Gasteiger partial charge is 0.457 e. The van der Waals surface area contributed by atoms with Crippen molar-refractivity contribution in [3.8, 4) is 11.5 Å². The van der Waals surface area contributed by atoms with E-state index in [4.69, 9.17) is 22.1 Å². The summed E-state index contributed by atoms with van der Waals surface area (Å²) in [4.78, 5) is 14.0. The van der Waals surface area contributed by atoms with E-state index in [9.17, 15) is 9.46 Å². The fourth-order valence-electron chi connectivity index (χ4n) is 3.12. The van der Waals surface area contributed by atoms with Crippen LogP contribution in [-0.4, -0.2) is 16.5 Å². The first-order valence-electron chi connectivity index (χ1n) is 9.10. The van der Waals surface area contributed by atoms with E-state index in [1.165, 1.54) is 12.7 Å². The molecule has 3 aromatic carbocycles. The summed E-state index contributed by atoms with van der Waals surface area (Å²) in [5.74, 6) is 1.82. The Hall–Kier alpha value is -3.05. The van der Waals surface area contributed by atoms with Gasteiger partial charge in [-0.2, -0.15) is 0 Å². The lowest BCUT2D eigenvalue weighted by Gasteiger charge is -2.13. The highest BCUT2D eigenvalue weighted by Gasteiger charge is 2.18. The maximum atomic E-state index is 11.9. The van der Waals surface area contributed by atoms with Crippen LogP contribution in [0.3, 0.4) is 0 Å². The Labute approximate surface area is 178 Å². The molecule has 4 rings (SSSR count). The molecule has 0 aliphatic rings. The molecule has 1 unspecified atom stereocenters. The molecular formula is C22H19ClN3O3P. The highest BCUT2D eigenvalue weighted by molar-refractivity contribution is 7.65. The molecule has 0 radical (unpaired) electrons. The number of ether oxygens (including phenoxy) is 1. The number of aromatic nitrogens is 1. The van der Waals surface area contributed by atoms with Crippen molar-refractivity contribution in [2.75, 3.05) is 17.7 Å². The van der Waals surface area contributed by atoms with Gasteiger partial charge in [0.2, 0.25) is 7.37 Å². The van der Waals surface area contributed by atoms with Gasteiger partial charge in [0.05, 0.1) is 10.3 Å². The Morgan fingerprint density at radius 2 is 1.83 bits per heavy atom. The fraction of sp³-hybridized carbons (Fsp3) is 0.0455. The number of hydrogen-bond acceptors (Lipinski definition) is 5. The van der Waals surface area contributed by atoms with Gasteiger partial charge in [-0.25, -0.2) is 4.98 Å². The van der Waals surface area contributed by atoms with Gasteiger partial charge in [0.1, 0.15) is 17.3 Å². The van der Waals surface area contributed by atoms with Crippen LogP contribution < -0.4 is 21.1 Å². The third kappa shape index (κ3) is 4.26. The van der Waals surface area contributed by atoms with Gasteiger partial charge in [-0.15, -0.1) is 0 Å². The lowest BCUT2D eigenvalue weighted by Crippen LogP contribution is -2.05. The molecule has 1 aromatic heterocycles. The van der Waals surface area contributed by atoms with Gasteiger partial charge in [0.15, 0.2) is 0 Å². The molecule has 1 atom stereocenters. The third-order valence-corrected chi connectivity index (χ3v) is 6.27. The first kappa shape index (κ1) is 20.2. The molecule has 0 aliphatic heterocycles. The molecule has 0 spiro atoms. The zero-order chi connectivity index (χ0) is 21.3. The van der Waals surface area contributed by atoms with Crippen LogP contribution in [0.4, 0.5) is 17.2 Å². The van der Waals surface area contributed by atoms with E-state index < -0.39 is 7.37 Å². The fourth-order valence-corrected chi connectivity index (χ4v) is 4.59. The SMILES string of the molecule is CP(=O)(O)c1ccc(Nc2cc(Oc3ccc(N)c4ccccc34)ccn2)cc1Cl. The van der Waals surface area contributed by atoms with Crippen LogP contribution in [0, 0.1) is 0 Å². The quantitative estimate of drug-likeness (QED) is 0.279. The Balaban J connectivity index is 1.59. The molecule has 0 saturated carbocycles. The smallest absolute Gasteiger partial charge is 0.228 e. The number of benzene rings is 3. The average Bonchev–Trinajstić information content (AvgIpc) is 2.70. The molecular weight excluding hydrogens is 421 g/mol. The van der Waals surface area contributed by atoms with Crippen LogP contribution in [0.2, 0.25) is 5.02 Å². The molecule has 0 saturated heterocycles. The molecule has 30 heavy (non-hydrogen) atoms. The molecule has 4 N–H and O–H groups in total. The first-order valence-corrected chi connectivity index (χ1v) is 11.6. The van der Waals surface area contributed by atoms with Crippen LogP contribution in [0.5, 0.6) is 11.5 Å². The van der Waals surface area contributed by atoms with Crippen molar-refractivity contribution in [2.45, 2.75) is 0 Å². The molecule has 0 fully saturated rings. The number of fused-ring (bicyclic) bond motifs is 1. The zero-order valence-electron chi connectivity index (χ0n) is 16.0. The number of nitrogen functional groups attached to an aromatic ring is 1. The molecule has 8 heteroatoms. The monoisotopic (exact) mass is 439 g/mol. The number of nitrogens with zero attached hydrogens (tertiary/aromatic N) is 1. The third-order valence-electron chi connectivity index (χ3n) is 4.54. The summed E-state index contributed by atoms with van der Waals surface area (Å²) in [5.41, 5.74) is 7.39. The van der Waals surface area contributed by atoms with Crippen molar-refractivity contribution in [2.24, 2.45) is 0 Å². The number of nitrogens with one attached hydrogen (secondary N) is 1. The number of nitrogens with two attached hydrogens (primary N) is 1. The molecule has 0 amide bonds. The summed E-state index contributed by atoms with van der Waals surface area (Å²) in [7, 11) is -3.43. The summed E-state index contributed by atoms with van der Waals surface area (Å²) < 4.78 is 17.9. The van der Waals surface area contributed by atoms with E-state index in [0.29, 0.717) is 28.7 Å². The normalized spacial score (nSPS) is 13.0. The molecule has 0 aliphatic carbocycles. The highest BCUT2D eigenvalue weighted by atomic mass is 35.5. The van der Waals surface area contributed by atoms with Crippen molar-refractivity contribution in [3.05, 3.63) is 77.9 Å². The molecule has 6 nitrogen and oxygen atoms in total. The molecule has 0 bridgehead atoms. The average molecular weight is 440 g/mol. The Bertz CT molecular complexity index is 1290. The number of anilines is 3. The van der Waals surface area contributed by atoms with E-state index in [0.717, 1.165) is 10.8 Å². The number of rotatable bonds is 5. The number of hydrogen-bond donors (Lipinski definition) is 3. The Morgan fingerprint density at radius 1 is 1.07 bits per heavy atom. The minimum atomic E-state index is -3.43. The second kappa shape index (κ2) is 8.00. The van der Waals surface area contributed by atoms with Gasteiger partial charge in [0, 0.05) is 41.1 Å². The topological polar surface area (TPSA) is 97.5 Å². The van der Waals surface area contributed by atoms with E-state index in [-0.39, 0.29) is 10.3 Å². The van der Waals surface area contributed by atoms with Gasteiger partial charge in [0.25, 0.3) is 0 Å². The number of halogens is 1. The minimum Gasteiger partial charge on any atom is -0.457 e. The first-order chi connectivity index (χ1) is 14.3. The summed E-state index contributed by atoms with van der Waals surface area (Å²) in [6.45, 7) is 1.25. The Kier molecular flexibility index (Phi) is 5.39. The second-order valence-corrected chi connectivity index (χ2v) is 9.49. The number of pyridine rings is 1. The van der Waals surface area contributed by atoms with Crippen LogP contribution in [0.15, 0.2) is 72.9 Å². The lowest BCUT2D eigenvalue weighted by molar-refractivity contribution is 0.488. The van der Waals surface area contributed by atoms with E-state index in [1.807, 2.05) is 36.4 Å². The van der Waals surface area contributed by atoms with E-state index >= 15 is 0 Å². The van der Waals surface area contributed by atoms with Crippen LogP contribution >= 0.6 is 19.0 Å². The zero-order valence-corrected chi connectivity index (χ0v) is 17.7. The van der Waals surface area contributed by atoms with Crippen molar-refractivity contribution >= 4 is 52.2 Å². The van der Waals surface area contributed by atoms with Gasteiger partial charge in [-0.3, -0.25) is 4.57 Å². The van der Waals surface area contributed by atoms with Crippen molar-refractivity contribution in [3.63, 3.8) is 0 Å². The Morgan fingerprint density at radius 3 is 2.57 bits per heavy atom. The molecule has 1 heterocycles. The van der Waals surface area contributed by atoms with Crippen molar-refractivity contribution in [1.82, 2.24) is 4.98 Å². The standard InChI is InChI=1S/C22H19ClN3O3P/c1-30(27,28)21-9-6-14(12-18(21)23)26-22-13-15(10-11-25-22)29-20-8-7-19(24)16-4-2-3-5-17(16)20/h2-13H,24H2,1H3,(H,25,26)(H,27,28). The minimum absolute atomic E-state index is 0.217. The maximum absolute atomic E-state index is 11.9. The molecule has 4 aromatic rings. The summed E-state index contributed by atoms with van der Waals surface area (Å²) >= 11 is 6.16. The van der Waals surface area contributed by atoms with Crippen molar-refractivity contribution < 1.29 is 14.2 Å². The predicted molar refractivity (Wildman–Crippen MR) is 123 cm³/mol. The van der Waals surface area contributed by atoms with Gasteiger partial charge in [-0.1, -0.05) is 35.9 Å². The van der Waals surface area contributed by atoms with E-state index in [1.54, 1.807) is 30.5 Å².